The number of benzene rings is 1. The second-order valence-electron chi connectivity index (χ2n) is 5.22. The zero-order chi connectivity index (χ0) is 11.5. The Morgan fingerprint density at radius 2 is 2.12 bits per heavy atom. The molecular formula is C15H21NS. The van der Waals surface area contributed by atoms with E-state index in [9.17, 15) is 0 Å². The van der Waals surface area contributed by atoms with Gasteiger partial charge in [-0.1, -0.05) is 18.2 Å². The maximum atomic E-state index is 3.61. The van der Waals surface area contributed by atoms with Gasteiger partial charge >= 0.3 is 0 Å². The van der Waals surface area contributed by atoms with Crippen molar-refractivity contribution in [3.8, 4) is 0 Å². The predicted molar refractivity (Wildman–Crippen MR) is 75.7 cm³/mol. The molecule has 92 valence electrons. The average Bonchev–Trinajstić information content (AvgIpc) is 2.98. The van der Waals surface area contributed by atoms with E-state index in [2.05, 4.69) is 35.3 Å². The molecule has 3 rings (SSSR count). The molecule has 1 aliphatic carbocycles. The van der Waals surface area contributed by atoms with Crippen molar-refractivity contribution in [3.05, 3.63) is 34.9 Å². The molecule has 1 aromatic carbocycles. The molecule has 0 bridgehead atoms. The fourth-order valence-corrected chi connectivity index (χ4v) is 4.15. The summed E-state index contributed by atoms with van der Waals surface area (Å²) in [5, 5.41) is 4.48. The molecule has 1 unspecified atom stereocenters. The fraction of sp³-hybridized carbons (Fsp3) is 0.600. The largest absolute Gasteiger partial charge is 0.312 e. The summed E-state index contributed by atoms with van der Waals surface area (Å²) in [7, 11) is 0. The second-order valence-corrected chi connectivity index (χ2v) is 6.63. The summed E-state index contributed by atoms with van der Waals surface area (Å²) in [4.78, 5) is 0. The summed E-state index contributed by atoms with van der Waals surface area (Å²) in [5.41, 5.74) is 4.65. The number of hydrogen-bond acceptors (Lipinski definition) is 2. The van der Waals surface area contributed by atoms with Gasteiger partial charge in [-0.25, -0.2) is 0 Å². The maximum absolute atomic E-state index is 3.61. The van der Waals surface area contributed by atoms with E-state index in [1.165, 1.54) is 50.0 Å². The van der Waals surface area contributed by atoms with Gasteiger partial charge in [-0.05, 0) is 54.5 Å². The molecule has 17 heavy (non-hydrogen) atoms. The van der Waals surface area contributed by atoms with Gasteiger partial charge in [0, 0.05) is 18.3 Å². The number of hydrogen-bond donors (Lipinski definition) is 1. The fourth-order valence-electron chi connectivity index (χ4n) is 2.92. The van der Waals surface area contributed by atoms with Crippen molar-refractivity contribution in [3.63, 3.8) is 0 Å². The monoisotopic (exact) mass is 247 g/mol. The van der Waals surface area contributed by atoms with Crippen molar-refractivity contribution < 1.29 is 0 Å². The van der Waals surface area contributed by atoms with Crippen LogP contribution in [0.15, 0.2) is 18.2 Å². The van der Waals surface area contributed by atoms with Crippen molar-refractivity contribution >= 4 is 11.8 Å². The lowest BCUT2D eigenvalue weighted by atomic mass is 10.1. The number of aryl methyl sites for hydroxylation is 2. The predicted octanol–water partition coefficient (Wildman–Crippen LogP) is 3.16. The molecule has 2 heteroatoms. The molecule has 1 heterocycles. The third-order valence-corrected chi connectivity index (χ3v) is 5.29. The molecule has 1 nitrogen and oxygen atoms in total. The van der Waals surface area contributed by atoms with Crippen LogP contribution < -0.4 is 5.32 Å². The second kappa shape index (κ2) is 5.45. The van der Waals surface area contributed by atoms with Gasteiger partial charge in [0.05, 0.1) is 0 Å². The first-order valence-electron chi connectivity index (χ1n) is 6.85. The standard InChI is InChI=1S/C15H21NS/c1-3-13-7-6-12(9-14(13)4-1)10-16-11-15-5-2-8-17-15/h6-7,9,15-16H,1-5,8,10-11H2. The van der Waals surface area contributed by atoms with Gasteiger partial charge in [-0.2, -0.15) is 11.8 Å². The molecule has 2 aliphatic rings. The minimum atomic E-state index is 0.865. The molecule has 1 N–H and O–H groups in total. The Bertz CT molecular complexity index is 383. The summed E-state index contributed by atoms with van der Waals surface area (Å²) < 4.78 is 0. The first kappa shape index (κ1) is 11.6. The van der Waals surface area contributed by atoms with Crippen molar-refractivity contribution in [1.82, 2.24) is 5.32 Å². The normalized spacial score (nSPS) is 22.9. The van der Waals surface area contributed by atoms with Crippen LogP contribution in [0.4, 0.5) is 0 Å². The number of rotatable bonds is 4. The number of thioether (sulfide) groups is 1. The summed E-state index contributed by atoms with van der Waals surface area (Å²) >= 11 is 2.14. The van der Waals surface area contributed by atoms with Crippen LogP contribution in [0, 0.1) is 0 Å². The van der Waals surface area contributed by atoms with E-state index in [0.29, 0.717) is 0 Å². The molecule has 1 aliphatic heterocycles. The molecule has 0 amide bonds. The number of nitrogens with one attached hydrogen (secondary N) is 1. The van der Waals surface area contributed by atoms with Crippen LogP contribution in [0.2, 0.25) is 0 Å². The van der Waals surface area contributed by atoms with Crippen LogP contribution >= 0.6 is 11.8 Å². The van der Waals surface area contributed by atoms with Crippen LogP contribution in [-0.4, -0.2) is 17.5 Å². The van der Waals surface area contributed by atoms with Gasteiger partial charge in [0.1, 0.15) is 0 Å². The van der Waals surface area contributed by atoms with Crippen LogP contribution in [0.5, 0.6) is 0 Å². The highest BCUT2D eigenvalue weighted by atomic mass is 32.2. The zero-order valence-electron chi connectivity index (χ0n) is 10.4. The first-order valence-corrected chi connectivity index (χ1v) is 7.90. The van der Waals surface area contributed by atoms with E-state index < -0.39 is 0 Å². The van der Waals surface area contributed by atoms with Gasteiger partial charge in [0.15, 0.2) is 0 Å². The molecule has 0 radical (unpaired) electrons. The number of fused-ring (bicyclic) bond motifs is 1. The summed E-state index contributed by atoms with van der Waals surface area (Å²) in [5.74, 6) is 1.37. The van der Waals surface area contributed by atoms with Gasteiger partial charge in [0.25, 0.3) is 0 Å². The lowest BCUT2D eigenvalue weighted by molar-refractivity contribution is 0.645. The topological polar surface area (TPSA) is 12.0 Å². The highest BCUT2D eigenvalue weighted by molar-refractivity contribution is 8.00. The van der Waals surface area contributed by atoms with Gasteiger partial charge < -0.3 is 5.32 Å². The van der Waals surface area contributed by atoms with Gasteiger partial charge in [0.2, 0.25) is 0 Å². The molecule has 1 aromatic rings. The van der Waals surface area contributed by atoms with Crippen LogP contribution in [0.1, 0.15) is 36.0 Å². The van der Waals surface area contributed by atoms with Gasteiger partial charge in [-0.3, -0.25) is 0 Å². The van der Waals surface area contributed by atoms with Crippen LogP contribution in [-0.2, 0) is 19.4 Å². The van der Waals surface area contributed by atoms with Crippen molar-refractivity contribution in [2.45, 2.75) is 43.9 Å². The summed E-state index contributed by atoms with van der Waals surface area (Å²) in [6.07, 6.45) is 6.76. The third kappa shape index (κ3) is 2.86. The minimum Gasteiger partial charge on any atom is -0.312 e. The van der Waals surface area contributed by atoms with Crippen molar-refractivity contribution in [2.24, 2.45) is 0 Å². The smallest absolute Gasteiger partial charge is 0.0206 e. The van der Waals surface area contributed by atoms with E-state index in [0.717, 1.165) is 11.8 Å². The van der Waals surface area contributed by atoms with E-state index in [1.807, 2.05) is 0 Å². The molecular weight excluding hydrogens is 226 g/mol. The van der Waals surface area contributed by atoms with Crippen molar-refractivity contribution in [1.29, 1.82) is 0 Å². The zero-order valence-corrected chi connectivity index (χ0v) is 11.2. The Hall–Kier alpha value is -0.470. The molecule has 1 atom stereocenters. The van der Waals surface area contributed by atoms with Gasteiger partial charge in [-0.15, -0.1) is 0 Å². The summed E-state index contributed by atoms with van der Waals surface area (Å²) in [6, 6.07) is 7.06. The van der Waals surface area contributed by atoms with E-state index in [-0.39, 0.29) is 0 Å². The average molecular weight is 247 g/mol. The lowest BCUT2D eigenvalue weighted by Gasteiger charge is -2.11. The molecule has 1 saturated heterocycles. The molecule has 0 aromatic heterocycles. The third-order valence-electron chi connectivity index (χ3n) is 3.89. The minimum absolute atomic E-state index is 0.865. The Balaban J connectivity index is 1.51. The Morgan fingerprint density at radius 1 is 1.18 bits per heavy atom. The SMILES string of the molecule is c1cc2c(cc1CNCC1CCCS1)CCC2. The summed E-state index contributed by atoms with van der Waals surface area (Å²) in [6.45, 7) is 2.23. The maximum Gasteiger partial charge on any atom is 0.0206 e. The van der Waals surface area contributed by atoms with E-state index in [1.54, 1.807) is 11.1 Å². The Kier molecular flexibility index (Phi) is 3.72. The molecule has 1 fully saturated rings. The van der Waals surface area contributed by atoms with Crippen LogP contribution in [0.3, 0.4) is 0 Å². The highest BCUT2D eigenvalue weighted by Crippen LogP contribution is 2.25. The Morgan fingerprint density at radius 3 is 3.00 bits per heavy atom. The molecule has 0 spiro atoms. The first-order chi connectivity index (χ1) is 8.42. The van der Waals surface area contributed by atoms with Crippen LogP contribution in [0.25, 0.3) is 0 Å². The van der Waals surface area contributed by atoms with Crippen molar-refractivity contribution in [2.75, 3.05) is 12.3 Å². The quantitative estimate of drug-likeness (QED) is 0.877. The molecule has 0 saturated carbocycles. The lowest BCUT2D eigenvalue weighted by Crippen LogP contribution is -2.22. The highest BCUT2D eigenvalue weighted by Gasteiger charge is 2.15. The Labute approximate surface area is 108 Å². The van der Waals surface area contributed by atoms with E-state index >= 15 is 0 Å². The van der Waals surface area contributed by atoms with E-state index in [4.69, 9.17) is 0 Å².